The van der Waals surface area contributed by atoms with E-state index in [4.69, 9.17) is 5.26 Å². The third-order valence-corrected chi connectivity index (χ3v) is 2.66. The fraction of sp³-hybridized carbons (Fsp3) is 0.900. The van der Waals surface area contributed by atoms with Gasteiger partial charge in [-0.25, -0.2) is 0 Å². The zero-order valence-electron chi connectivity index (χ0n) is 8.43. The second-order valence-electron chi connectivity index (χ2n) is 3.09. The van der Waals surface area contributed by atoms with Crippen molar-refractivity contribution in [3.63, 3.8) is 0 Å². The summed E-state index contributed by atoms with van der Waals surface area (Å²) in [5.74, 6) is 0. The molecule has 0 saturated carbocycles. The van der Waals surface area contributed by atoms with Crippen LogP contribution in [0.1, 0.15) is 32.6 Å². The summed E-state index contributed by atoms with van der Waals surface area (Å²) >= 11 is 3.42. The number of nitrogens with zero attached hydrogens (tertiary/aromatic N) is 2. The molecule has 0 aliphatic carbocycles. The summed E-state index contributed by atoms with van der Waals surface area (Å²) in [6, 6.07) is 2.18. The predicted molar refractivity (Wildman–Crippen MR) is 60.0 cm³/mol. The molecule has 0 N–H and O–H groups in total. The number of hydrogen-bond donors (Lipinski definition) is 0. The Bertz CT molecular complexity index is 142. The van der Waals surface area contributed by atoms with E-state index in [9.17, 15) is 0 Å². The number of halogens is 1. The van der Waals surface area contributed by atoms with E-state index in [1.807, 2.05) is 0 Å². The first kappa shape index (κ1) is 12.9. The average molecular weight is 247 g/mol. The van der Waals surface area contributed by atoms with E-state index in [0.29, 0.717) is 6.42 Å². The highest BCUT2D eigenvalue weighted by atomic mass is 79.9. The maximum atomic E-state index is 8.44. The molecule has 0 heterocycles. The van der Waals surface area contributed by atoms with Crippen LogP contribution >= 0.6 is 15.9 Å². The first-order valence-electron chi connectivity index (χ1n) is 5.00. The lowest BCUT2D eigenvalue weighted by Crippen LogP contribution is -2.25. The van der Waals surface area contributed by atoms with Crippen molar-refractivity contribution in [2.75, 3.05) is 25.0 Å². The molecule has 0 saturated heterocycles. The third kappa shape index (κ3) is 8.27. The molecule has 0 amide bonds. The highest BCUT2D eigenvalue weighted by Gasteiger charge is 2.00. The number of nitriles is 1. The summed E-state index contributed by atoms with van der Waals surface area (Å²) in [5.41, 5.74) is 0. The molecule has 0 aliphatic heterocycles. The van der Waals surface area contributed by atoms with Gasteiger partial charge in [-0.1, -0.05) is 29.3 Å². The highest BCUT2D eigenvalue weighted by molar-refractivity contribution is 9.09. The Morgan fingerprint density at radius 2 is 2.00 bits per heavy atom. The lowest BCUT2D eigenvalue weighted by molar-refractivity contribution is 0.288. The van der Waals surface area contributed by atoms with Crippen molar-refractivity contribution in [2.24, 2.45) is 0 Å². The maximum Gasteiger partial charge on any atom is 0.0635 e. The summed E-state index contributed by atoms with van der Waals surface area (Å²) in [6.07, 6.45) is 4.46. The van der Waals surface area contributed by atoms with Gasteiger partial charge in [0, 0.05) is 18.3 Å². The van der Waals surface area contributed by atoms with Gasteiger partial charge in [-0.3, -0.25) is 0 Å². The van der Waals surface area contributed by atoms with Crippen molar-refractivity contribution in [1.82, 2.24) is 4.90 Å². The van der Waals surface area contributed by atoms with Crippen LogP contribution in [0.4, 0.5) is 0 Å². The van der Waals surface area contributed by atoms with Crippen LogP contribution in [0.2, 0.25) is 0 Å². The number of unbranched alkanes of at least 4 members (excludes halogenated alkanes) is 2. The Morgan fingerprint density at radius 1 is 1.23 bits per heavy atom. The first-order valence-corrected chi connectivity index (χ1v) is 6.12. The van der Waals surface area contributed by atoms with E-state index >= 15 is 0 Å². The molecule has 13 heavy (non-hydrogen) atoms. The van der Waals surface area contributed by atoms with Gasteiger partial charge in [0.2, 0.25) is 0 Å². The van der Waals surface area contributed by atoms with Crippen molar-refractivity contribution >= 4 is 15.9 Å². The van der Waals surface area contributed by atoms with Gasteiger partial charge in [0.1, 0.15) is 0 Å². The summed E-state index contributed by atoms with van der Waals surface area (Å²) in [5, 5.41) is 9.55. The second-order valence-corrected chi connectivity index (χ2v) is 3.89. The Labute approximate surface area is 90.0 Å². The molecular weight excluding hydrogens is 228 g/mol. The minimum atomic E-state index is 0.659. The Hall–Kier alpha value is -0.0700. The molecule has 0 aromatic carbocycles. The molecule has 0 spiro atoms. The molecule has 0 aromatic heterocycles. The number of alkyl halides is 1. The van der Waals surface area contributed by atoms with Crippen LogP contribution in [-0.4, -0.2) is 29.9 Å². The Balaban J connectivity index is 3.32. The molecule has 3 heteroatoms. The summed E-state index contributed by atoms with van der Waals surface area (Å²) in [4.78, 5) is 2.34. The largest absolute Gasteiger partial charge is 0.303 e. The normalized spacial score (nSPS) is 10.3. The summed E-state index contributed by atoms with van der Waals surface area (Å²) in [7, 11) is 0. The summed E-state index contributed by atoms with van der Waals surface area (Å²) < 4.78 is 0. The van der Waals surface area contributed by atoms with Gasteiger partial charge in [0.25, 0.3) is 0 Å². The molecule has 0 fully saturated rings. The van der Waals surface area contributed by atoms with Gasteiger partial charge in [-0.15, -0.1) is 0 Å². The van der Waals surface area contributed by atoms with Crippen LogP contribution < -0.4 is 0 Å². The molecule has 0 aliphatic rings. The lowest BCUT2D eigenvalue weighted by Gasteiger charge is -2.18. The van der Waals surface area contributed by atoms with Crippen molar-refractivity contribution in [3.05, 3.63) is 0 Å². The predicted octanol–water partition coefficient (Wildman–Crippen LogP) is 2.79. The highest BCUT2D eigenvalue weighted by Crippen LogP contribution is 2.01. The summed E-state index contributed by atoms with van der Waals surface area (Å²) in [6.45, 7) is 5.30. The van der Waals surface area contributed by atoms with Crippen molar-refractivity contribution < 1.29 is 0 Å². The molecular formula is C10H19BrN2. The first-order chi connectivity index (χ1) is 6.35. The molecule has 0 atom stereocenters. The van der Waals surface area contributed by atoms with E-state index in [1.54, 1.807) is 0 Å². The SMILES string of the molecule is CCN(CCC#N)CCCCCBr. The Kier molecular flexibility index (Phi) is 9.96. The van der Waals surface area contributed by atoms with E-state index in [2.05, 4.69) is 33.8 Å². The van der Waals surface area contributed by atoms with E-state index in [-0.39, 0.29) is 0 Å². The average Bonchev–Trinajstić information content (AvgIpc) is 2.17. The van der Waals surface area contributed by atoms with Gasteiger partial charge < -0.3 is 4.90 Å². The van der Waals surface area contributed by atoms with Gasteiger partial charge in [-0.2, -0.15) is 5.26 Å². The van der Waals surface area contributed by atoms with Crippen LogP contribution in [0.5, 0.6) is 0 Å². The van der Waals surface area contributed by atoms with Crippen molar-refractivity contribution in [3.8, 4) is 6.07 Å². The van der Waals surface area contributed by atoms with Crippen molar-refractivity contribution in [2.45, 2.75) is 32.6 Å². The molecule has 0 unspecified atom stereocenters. The monoisotopic (exact) mass is 246 g/mol. The van der Waals surface area contributed by atoms with Gasteiger partial charge in [0.15, 0.2) is 0 Å². The molecule has 0 radical (unpaired) electrons. The lowest BCUT2D eigenvalue weighted by atomic mass is 10.2. The third-order valence-electron chi connectivity index (χ3n) is 2.10. The molecule has 0 bridgehead atoms. The van der Waals surface area contributed by atoms with Gasteiger partial charge in [-0.05, 0) is 25.9 Å². The molecule has 76 valence electrons. The standard InChI is InChI=1S/C10H19BrN2/c1-2-13(10-6-8-12)9-5-3-4-7-11/h2-7,9-10H2,1H3. The van der Waals surface area contributed by atoms with Crippen molar-refractivity contribution in [1.29, 1.82) is 5.26 Å². The number of rotatable bonds is 8. The minimum absolute atomic E-state index is 0.659. The van der Waals surface area contributed by atoms with Crippen LogP contribution in [0.25, 0.3) is 0 Å². The van der Waals surface area contributed by atoms with Gasteiger partial charge >= 0.3 is 0 Å². The molecule has 2 nitrogen and oxygen atoms in total. The van der Waals surface area contributed by atoms with E-state index < -0.39 is 0 Å². The smallest absolute Gasteiger partial charge is 0.0635 e. The van der Waals surface area contributed by atoms with Crippen LogP contribution in [0, 0.1) is 11.3 Å². The fourth-order valence-corrected chi connectivity index (χ4v) is 1.64. The quantitative estimate of drug-likeness (QED) is 0.487. The van der Waals surface area contributed by atoms with E-state index in [0.717, 1.165) is 25.0 Å². The molecule has 0 rings (SSSR count). The zero-order chi connectivity index (χ0) is 9.94. The van der Waals surface area contributed by atoms with Crippen LogP contribution in [-0.2, 0) is 0 Å². The second kappa shape index (κ2) is 10.0. The number of hydrogen-bond acceptors (Lipinski definition) is 2. The molecule has 0 aromatic rings. The van der Waals surface area contributed by atoms with E-state index in [1.165, 1.54) is 19.3 Å². The fourth-order valence-electron chi connectivity index (χ4n) is 1.24. The zero-order valence-corrected chi connectivity index (χ0v) is 10.0. The van der Waals surface area contributed by atoms with Gasteiger partial charge in [0.05, 0.1) is 6.07 Å². The Morgan fingerprint density at radius 3 is 2.54 bits per heavy atom. The maximum absolute atomic E-state index is 8.44. The minimum Gasteiger partial charge on any atom is -0.303 e. The topological polar surface area (TPSA) is 27.0 Å². The van der Waals surface area contributed by atoms with Crippen LogP contribution in [0.15, 0.2) is 0 Å². The van der Waals surface area contributed by atoms with Crippen LogP contribution in [0.3, 0.4) is 0 Å².